The molecule has 2 aliphatic rings. The van der Waals surface area contributed by atoms with Crippen LogP contribution in [-0.4, -0.2) is 16.5 Å². The molecule has 2 aliphatic carbocycles. The van der Waals surface area contributed by atoms with Crippen LogP contribution in [0.2, 0.25) is 0 Å². The van der Waals surface area contributed by atoms with E-state index in [-0.39, 0.29) is 6.42 Å². The second-order valence-electron chi connectivity index (χ2n) is 10.2. The summed E-state index contributed by atoms with van der Waals surface area (Å²) in [4.78, 5) is 14.0. The van der Waals surface area contributed by atoms with E-state index in [4.69, 9.17) is 5.53 Å². The van der Waals surface area contributed by atoms with E-state index in [1.165, 1.54) is 115 Å². The maximum Gasteiger partial charge on any atom is 0.321 e. The van der Waals surface area contributed by atoms with Crippen LogP contribution in [0.3, 0.4) is 0 Å². The summed E-state index contributed by atoms with van der Waals surface area (Å²) in [5, 5.41) is 10.2. The molecule has 0 aromatic rings. The van der Waals surface area contributed by atoms with Crippen LogP contribution < -0.4 is 5.11 Å². The number of hydrogen-bond acceptors (Lipinski definition) is 3. The van der Waals surface area contributed by atoms with Crippen molar-refractivity contribution in [2.24, 2.45) is 11.8 Å². The van der Waals surface area contributed by atoms with Gasteiger partial charge in [0.25, 0.3) is 0 Å². The number of unbranched alkanes of at least 4 members (excludes halogenated alkanes) is 11. The summed E-state index contributed by atoms with van der Waals surface area (Å²) in [6.45, 7) is 2.26. The van der Waals surface area contributed by atoms with Crippen LogP contribution in [0.5, 0.6) is 0 Å². The number of carbonyl (C=O) groups excluding carboxylic acids is 1. The van der Waals surface area contributed by atoms with Crippen molar-refractivity contribution >= 4 is 11.7 Å². The highest BCUT2D eigenvalue weighted by Crippen LogP contribution is 2.37. The number of nitrogens with zero attached hydrogens (tertiary/aromatic N) is 1. The molecule has 0 spiro atoms. The Morgan fingerprint density at radius 3 is 2.06 bits per heavy atom. The lowest BCUT2D eigenvalue weighted by atomic mass is 9.75. The minimum absolute atomic E-state index is 0.220. The summed E-state index contributed by atoms with van der Waals surface area (Å²) in [6.07, 6.45) is 31.5. The van der Waals surface area contributed by atoms with E-state index in [2.05, 4.69) is 23.9 Å². The number of nitrogens with one attached hydrogen (secondary N) is 1. The van der Waals surface area contributed by atoms with Gasteiger partial charge in [-0.3, -0.25) is 0 Å². The van der Waals surface area contributed by atoms with Gasteiger partial charge in [0.2, 0.25) is 0 Å². The van der Waals surface area contributed by atoms with E-state index < -0.39 is 5.97 Å². The Labute approximate surface area is 204 Å². The molecule has 2 fully saturated rings. The fourth-order valence-electron chi connectivity index (χ4n) is 5.38. The second-order valence-corrected chi connectivity index (χ2v) is 10.2. The van der Waals surface area contributed by atoms with Gasteiger partial charge in [-0.2, -0.15) is 0 Å². The summed E-state index contributed by atoms with van der Waals surface area (Å²) in [7, 11) is 0. The van der Waals surface area contributed by atoms with E-state index in [1.54, 1.807) is 0 Å². The first-order chi connectivity index (χ1) is 16.2. The molecule has 2 rings (SSSR count). The van der Waals surface area contributed by atoms with Gasteiger partial charge in [-0.15, -0.1) is 0 Å². The third-order valence-electron chi connectivity index (χ3n) is 7.38. The van der Waals surface area contributed by atoms with Gasteiger partial charge in [0.05, 0.1) is 11.4 Å². The predicted octanol–water partition coefficient (Wildman–Crippen LogP) is 7.82. The van der Waals surface area contributed by atoms with E-state index in [0.717, 1.165) is 31.6 Å². The normalized spacial score (nSPS) is 20.5. The monoisotopic (exact) mass is 460 g/mol. The molecule has 0 heterocycles. The first-order valence-electron chi connectivity index (χ1n) is 14.3. The highest BCUT2D eigenvalue weighted by atomic mass is 16.4. The SMILES string of the molecule is CCCCCCCCC=CCCCCCCCC(=O)[O-].N=[N+]=C1CCCC2CCCCCC12. The summed E-state index contributed by atoms with van der Waals surface area (Å²) in [5.74, 6) is 0.650. The number of hydrogen-bond donors (Lipinski definition) is 1. The van der Waals surface area contributed by atoms with Crippen LogP contribution in [0.1, 0.15) is 148 Å². The van der Waals surface area contributed by atoms with Crippen molar-refractivity contribution < 1.29 is 14.7 Å². The predicted molar refractivity (Wildman–Crippen MR) is 136 cm³/mol. The fourth-order valence-corrected chi connectivity index (χ4v) is 5.38. The van der Waals surface area contributed by atoms with Gasteiger partial charge in [-0.1, -0.05) is 89.7 Å². The smallest absolute Gasteiger partial charge is 0.321 e. The van der Waals surface area contributed by atoms with E-state index in [0.29, 0.717) is 5.92 Å². The van der Waals surface area contributed by atoms with Crippen LogP contribution in [0.4, 0.5) is 0 Å². The number of aliphatic carboxylic acids is 1. The number of allylic oxidation sites excluding steroid dienone is 2. The Morgan fingerprint density at radius 1 is 0.848 bits per heavy atom. The lowest BCUT2D eigenvalue weighted by molar-refractivity contribution is -0.305. The molecule has 2 atom stereocenters. The third kappa shape index (κ3) is 16.0. The van der Waals surface area contributed by atoms with Crippen molar-refractivity contribution in [1.29, 1.82) is 5.53 Å². The Kier molecular flexibility index (Phi) is 19.0. The van der Waals surface area contributed by atoms with Crippen LogP contribution in [0.15, 0.2) is 12.2 Å². The fraction of sp³-hybridized carbons (Fsp3) is 0.862. The first-order valence-corrected chi connectivity index (χ1v) is 14.3. The molecule has 0 aromatic heterocycles. The van der Waals surface area contributed by atoms with Gasteiger partial charge in [-0.05, 0) is 70.1 Å². The molecule has 0 amide bonds. The summed E-state index contributed by atoms with van der Waals surface area (Å²) >= 11 is 0. The van der Waals surface area contributed by atoms with Crippen molar-refractivity contribution in [2.75, 3.05) is 0 Å². The van der Waals surface area contributed by atoms with Crippen molar-refractivity contribution in [1.82, 2.24) is 0 Å². The average molecular weight is 461 g/mol. The molecule has 0 saturated heterocycles. The minimum atomic E-state index is -0.914. The van der Waals surface area contributed by atoms with Gasteiger partial charge in [-0.25, -0.2) is 0 Å². The number of carbonyl (C=O) groups is 1. The maximum absolute atomic E-state index is 10.2. The Morgan fingerprint density at radius 2 is 1.42 bits per heavy atom. The van der Waals surface area contributed by atoms with E-state index in [1.807, 2.05) is 0 Å². The quantitative estimate of drug-likeness (QED) is 0.117. The largest absolute Gasteiger partial charge is 0.550 e. The molecule has 0 radical (unpaired) electrons. The van der Waals surface area contributed by atoms with Crippen molar-refractivity contribution in [2.45, 2.75) is 148 Å². The Bertz CT molecular complexity index is 566. The molecule has 2 saturated carbocycles. The molecule has 190 valence electrons. The maximum atomic E-state index is 10.2. The highest BCUT2D eigenvalue weighted by molar-refractivity contribution is 5.82. The lowest BCUT2D eigenvalue weighted by Gasteiger charge is -2.24. The summed E-state index contributed by atoms with van der Waals surface area (Å²) < 4.78 is 0. The van der Waals surface area contributed by atoms with Gasteiger partial charge in [0.1, 0.15) is 0 Å². The van der Waals surface area contributed by atoms with Crippen LogP contribution in [-0.2, 0) is 4.79 Å². The van der Waals surface area contributed by atoms with Crippen LogP contribution >= 0.6 is 0 Å². The molecule has 2 unspecified atom stereocenters. The van der Waals surface area contributed by atoms with E-state index >= 15 is 0 Å². The summed E-state index contributed by atoms with van der Waals surface area (Å²) in [5.41, 5.74) is 8.39. The number of carboxylic acids is 1. The number of fused-ring (bicyclic) bond motifs is 1. The molecule has 0 bridgehead atoms. The summed E-state index contributed by atoms with van der Waals surface area (Å²) in [6, 6.07) is 0. The molecule has 4 heteroatoms. The van der Waals surface area contributed by atoms with Gasteiger partial charge < -0.3 is 9.90 Å². The molecule has 1 N–H and O–H groups in total. The zero-order valence-corrected chi connectivity index (χ0v) is 21.6. The standard InChI is InChI=1S/C18H34O2.C11H19N2/c1-2-3-4-5-6-7-8-9-10-11-12-13-14-15-16-17-18(19)20;12-13-11-8-4-6-9-5-2-1-3-7-10(9)11/h9-10H,2-8,11-17H2,1H3,(H,19,20);9-10,12H,1-8H2/q;+1/p-1. The highest BCUT2D eigenvalue weighted by Gasteiger charge is 2.37. The third-order valence-corrected chi connectivity index (χ3v) is 7.38. The minimum Gasteiger partial charge on any atom is -0.550 e. The molecule has 4 nitrogen and oxygen atoms in total. The topological polar surface area (TPSA) is 78.1 Å². The number of rotatable bonds is 15. The molecular formula is C29H52N2O2. The second kappa shape index (κ2) is 21.1. The van der Waals surface area contributed by atoms with Gasteiger partial charge in [0, 0.05) is 17.2 Å². The van der Waals surface area contributed by atoms with Crippen molar-refractivity contribution in [3.05, 3.63) is 12.2 Å². The van der Waals surface area contributed by atoms with Crippen molar-refractivity contribution in [3.63, 3.8) is 0 Å². The van der Waals surface area contributed by atoms with Crippen LogP contribution in [0.25, 0.3) is 0 Å². The Balaban J connectivity index is 0.000000357. The zero-order valence-electron chi connectivity index (χ0n) is 21.6. The first kappa shape index (κ1) is 29.6. The number of carboxylic acid groups (broad SMARTS) is 1. The van der Waals surface area contributed by atoms with Gasteiger partial charge in [0.15, 0.2) is 0 Å². The lowest BCUT2D eigenvalue weighted by Crippen LogP contribution is -2.28. The Hall–Kier alpha value is -1.41. The average Bonchev–Trinajstić information content (AvgIpc) is 3.07. The van der Waals surface area contributed by atoms with Crippen molar-refractivity contribution in [3.8, 4) is 0 Å². The molecule has 33 heavy (non-hydrogen) atoms. The molecule has 0 aliphatic heterocycles. The molecule has 0 aromatic carbocycles. The molecular weight excluding hydrogens is 408 g/mol. The van der Waals surface area contributed by atoms with E-state index in [9.17, 15) is 9.90 Å². The van der Waals surface area contributed by atoms with Crippen LogP contribution in [0, 0.1) is 17.4 Å². The van der Waals surface area contributed by atoms with Gasteiger partial charge >= 0.3 is 5.71 Å². The zero-order chi connectivity index (χ0) is 24.0.